The van der Waals surface area contributed by atoms with E-state index in [-0.39, 0.29) is 34.0 Å². The van der Waals surface area contributed by atoms with Gasteiger partial charge in [-0.15, -0.1) is 34.0 Å². The highest BCUT2D eigenvalue weighted by Gasteiger charge is 1.95. The first kappa shape index (κ1) is 40.9. The van der Waals surface area contributed by atoms with E-state index in [0.717, 1.165) is 36.9 Å². The maximum Gasteiger partial charge on any atom is 0.0603 e. The average Bonchev–Trinajstić information content (AvgIpc) is 2.98. The molecule has 6 heteroatoms. The van der Waals surface area contributed by atoms with Crippen molar-refractivity contribution in [2.75, 3.05) is 13.1 Å². The zero-order chi connectivity index (χ0) is 28.4. The second kappa shape index (κ2) is 29.9. The van der Waals surface area contributed by atoms with Crippen LogP contribution < -0.4 is 10.7 Å². The summed E-state index contributed by atoms with van der Waals surface area (Å²) in [4.78, 5) is 9.53. The van der Waals surface area contributed by atoms with Gasteiger partial charge < -0.3 is 9.13 Å². The van der Waals surface area contributed by atoms with Crippen molar-refractivity contribution in [2.45, 2.75) is 155 Å². The zero-order valence-corrected chi connectivity index (χ0v) is 30.6. The summed E-state index contributed by atoms with van der Waals surface area (Å²) in [5, 5.41) is 2.26. The molecule has 42 heavy (non-hydrogen) atoms. The van der Waals surface area contributed by atoms with Crippen LogP contribution in [0.25, 0.3) is 0 Å². The lowest BCUT2D eigenvalue weighted by molar-refractivity contribution is 0.537. The molecule has 0 unspecified atom stereocenters. The van der Waals surface area contributed by atoms with Crippen LogP contribution in [-0.4, -0.2) is 22.2 Å². The Labute approximate surface area is 280 Å². The molecule has 0 saturated heterocycles. The van der Waals surface area contributed by atoms with E-state index in [1.807, 2.05) is 0 Å². The first-order valence-electron chi connectivity index (χ1n) is 17.1. The number of pyridine rings is 2. The molecule has 0 bridgehead atoms. The van der Waals surface area contributed by atoms with Crippen LogP contribution in [0.5, 0.6) is 0 Å². The Kier molecular flexibility index (Phi) is 29.1. The number of hydrogen-bond donors (Lipinski definition) is 0. The highest BCUT2D eigenvalue weighted by Crippen LogP contribution is 2.09. The molecule has 0 N–H and O–H groups in total. The maximum absolute atomic E-state index is 4.76. The number of halogens is 2. The first-order valence-corrected chi connectivity index (χ1v) is 17.1. The fraction of sp³-hybridized carbons (Fsp3) is 0.722. The van der Waals surface area contributed by atoms with Gasteiger partial charge >= 0.3 is 0 Å². The summed E-state index contributed by atoms with van der Waals surface area (Å²) in [5.74, 6) is 0. The highest BCUT2D eigenvalue weighted by atomic mass is 79.9. The van der Waals surface area contributed by atoms with E-state index < -0.39 is 0 Å². The lowest BCUT2D eigenvalue weighted by Crippen LogP contribution is -2.07. The van der Waals surface area contributed by atoms with E-state index >= 15 is 0 Å². The van der Waals surface area contributed by atoms with Crippen molar-refractivity contribution in [1.29, 1.82) is 0 Å². The monoisotopic (exact) mass is 710 g/mol. The van der Waals surface area contributed by atoms with Crippen molar-refractivity contribution in [1.82, 2.24) is 9.13 Å². The van der Waals surface area contributed by atoms with Gasteiger partial charge in [0.15, 0.2) is 0 Å². The van der Waals surface area contributed by atoms with Gasteiger partial charge in [0.05, 0.1) is 10.7 Å². The van der Waals surface area contributed by atoms with Crippen LogP contribution in [0.2, 0.25) is 0 Å². The van der Waals surface area contributed by atoms with E-state index in [2.05, 4.69) is 72.0 Å². The van der Waals surface area contributed by atoms with Crippen molar-refractivity contribution in [3.63, 3.8) is 0 Å². The average molecular weight is 713 g/mol. The van der Waals surface area contributed by atoms with E-state index in [9.17, 15) is 0 Å². The lowest BCUT2D eigenvalue weighted by atomic mass is 10.1. The van der Waals surface area contributed by atoms with E-state index in [4.69, 9.17) is 9.98 Å². The summed E-state index contributed by atoms with van der Waals surface area (Å²) < 4.78 is 4.61. The molecule has 0 radical (unpaired) electrons. The molecule has 242 valence electrons. The molecule has 2 rings (SSSR count). The zero-order valence-electron chi connectivity index (χ0n) is 27.2. The standard InChI is InChI=1S/C36H62N4.2BrH/c1-3-5-7-9-11-13-15-19-27-37-35-23-31-39(32-24-35)29-21-17-18-22-30-40-33-25-36(26-34-40)38-28-20-16-14-12-10-8-6-4-2;;/h23-26,31-34H,3-22,27-30H2,1-2H3;2*1H. The molecule has 0 aliphatic heterocycles. The molecule has 0 spiro atoms. The predicted molar refractivity (Wildman–Crippen MR) is 194 cm³/mol. The van der Waals surface area contributed by atoms with Crippen molar-refractivity contribution in [3.8, 4) is 0 Å². The normalized spacial score (nSPS) is 10.6. The molecule has 0 aliphatic carbocycles. The number of unbranched alkanes of at least 4 members (excludes halogenated alkanes) is 17. The summed E-state index contributed by atoms with van der Waals surface area (Å²) in [6, 6.07) is 8.69. The molecule has 0 amide bonds. The van der Waals surface area contributed by atoms with Crippen LogP contribution in [0.4, 0.5) is 0 Å². The quantitative estimate of drug-likeness (QED) is 0.0919. The van der Waals surface area contributed by atoms with Crippen molar-refractivity contribution in [2.24, 2.45) is 9.98 Å². The van der Waals surface area contributed by atoms with Crippen LogP contribution in [0.1, 0.15) is 142 Å². The molecule has 2 heterocycles. The predicted octanol–water partition coefficient (Wildman–Crippen LogP) is 10.8. The molecule has 0 aliphatic rings. The lowest BCUT2D eigenvalue weighted by Gasteiger charge is -2.08. The largest absolute Gasteiger partial charge is 0.354 e. The number of aromatic nitrogens is 2. The number of hydrogen-bond acceptors (Lipinski definition) is 2. The third-order valence-electron chi connectivity index (χ3n) is 7.94. The Hall–Kier alpha value is -1.14. The van der Waals surface area contributed by atoms with Crippen LogP contribution in [0.3, 0.4) is 0 Å². The van der Waals surface area contributed by atoms with E-state index in [0.29, 0.717) is 0 Å². The number of aryl methyl sites for hydroxylation is 2. The third kappa shape index (κ3) is 22.4. The summed E-state index contributed by atoms with van der Waals surface area (Å²) in [5.41, 5.74) is 0. The van der Waals surface area contributed by atoms with Crippen LogP contribution in [0.15, 0.2) is 59.0 Å². The molecule has 0 atom stereocenters. The van der Waals surface area contributed by atoms with Gasteiger partial charge in [0.2, 0.25) is 0 Å². The summed E-state index contributed by atoms with van der Waals surface area (Å²) in [6.45, 7) is 8.69. The number of rotatable bonds is 25. The minimum Gasteiger partial charge on any atom is -0.354 e. The Morgan fingerprint density at radius 3 is 1.02 bits per heavy atom. The molecular formula is C36H64Br2N4. The molecule has 0 fully saturated rings. The van der Waals surface area contributed by atoms with Gasteiger partial charge in [-0.3, -0.25) is 9.98 Å². The molecular weight excluding hydrogens is 648 g/mol. The Balaban J connectivity index is 0.00000840. The third-order valence-corrected chi connectivity index (χ3v) is 7.94. The minimum absolute atomic E-state index is 0. The summed E-state index contributed by atoms with van der Waals surface area (Å²) in [7, 11) is 0. The molecule has 0 saturated carbocycles. The topological polar surface area (TPSA) is 34.6 Å². The van der Waals surface area contributed by atoms with Gasteiger partial charge in [0.1, 0.15) is 0 Å². The van der Waals surface area contributed by atoms with Crippen molar-refractivity contribution in [3.05, 3.63) is 59.8 Å². The molecule has 2 aromatic rings. The highest BCUT2D eigenvalue weighted by molar-refractivity contribution is 8.93. The second-order valence-electron chi connectivity index (χ2n) is 11.7. The van der Waals surface area contributed by atoms with Crippen molar-refractivity contribution >= 4 is 34.0 Å². The van der Waals surface area contributed by atoms with Gasteiger partial charge in [-0.05, 0) is 49.9 Å². The van der Waals surface area contributed by atoms with Gasteiger partial charge in [0, 0.05) is 51.0 Å². The Morgan fingerprint density at radius 2 is 0.690 bits per heavy atom. The van der Waals surface area contributed by atoms with Crippen LogP contribution in [0, 0.1) is 0 Å². The Morgan fingerprint density at radius 1 is 0.405 bits per heavy atom. The maximum atomic E-state index is 4.76. The molecule has 4 nitrogen and oxygen atoms in total. The minimum atomic E-state index is 0. The van der Waals surface area contributed by atoms with Gasteiger partial charge in [-0.25, -0.2) is 0 Å². The first-order chi connectivity index (χ1) is 19.8. The van der Waals surface area contributed by atoms with Gasteiger partial charge in [-0.1, -0.05) is 117 Å². The van der Waals surface area contributed by atoms with E-state index in [1.54, 1.807) is 0 Å². The van der Waals surface area contributed by atoms with E-state index in [1.165, 1.54) is 128 Å². The van der Waals surface area contributed by atoms with Crippen LogP contribution in [-0.2, 0) is 13.1 Å². The van der Waals surface area contributed by atoms with Crippen LogP contribution >= 0.6 is 34.0 Å². The fourth-order valence-corrected chi connectivity index (χ4v) is 5.26. The smallest absolute Gasteiger partial charge is 0.0603 e. The second-order valence-corrected chi connectivity index (χ2v) is 11.7. The molecule has 2 aromatic heterocycles. The molecule has 0 aromatic carbocycles. The summed E-state index contributed by atoms with van der Waals surface area (Å²) >= 11 is 0. The van der Waals surface area contributed by atoms with Gasteiger partial charge in [0.25, 0.3) is 0 Å². The van der Waals surface area contributed by atoms with Crippen molar-refractivity contribution < 1.29 is 0 Å². The Bertz CT molecular complexity index is 862. The van der Waals surface area contributed by atoms with Gasteiger partial charge in [-0.2, -0.15) is 0 Å². The fourth-order valence-electron chi connectivity index (χ4n) is 5.26. The summed E-state index contributed by atoms with van der Waals surface area (Å²) in [6.07, 6.45) is 35.6. The SMILES string of the molecule is Br.Br.CCCCCCCCCCN=c1ccn(CCCCCCn2ccc(=NCCCCCCCCCC)cc2)cc1. The number of nitrogens with zero attached hydrogens (tertiary/aromatic N) is 4.